The van der Waals surface area contributed by atoms with Gasteiger partial charge in [0.25, 0.3) is 0 Å². The van der Waals surface area contributed by atoms with Crippen LogP contribution in [0, 0.1) is 0 Å². The summed E-state index contributed by atoms with van der Waals surface area (Å²) in [4.78, 5) is 16.1. The van der Waals surface area contributed by atoms with Gasteiger partial charge in [-0.05, 0) is 26.0 Å². The molecule has 0 aromatic heterocycles. The Labute approximate surface area is 126 Å². The maximum atomic E-state index is 11.6. The minimum Gasteiger partial charge on any atom is -0.495 e. The van der Waals surface area contributed by atoms with E-state index < -0.39 is 0 Å². The highest BCUT2D eigenvalue weighted by atomic mass is 16.5. The molecule has 1 aromatic carbocycles. The molecule has 0 amide bonds. The number of anilines is 1. The molecule has 1 aliphatic heterocycles. The average molecular weight is 292 g/mol. The number of carbonyl (C=O) groups is 1. The Hall–Kier alpha value is -1.75. The van der Waals surface area contributed by atoms with Gasteiger partial charge in [0.2, 0.25) is 0 Å². The van der Waals surface area contributed by atoms with Gasteiger partial charge in [-0.3, -0.25) is 9.69 Å². The van der Waals surface area contributed by atoms with Crippen LogP contribution in [0.5, 0.6) is 5.75 Å². The Morgan fingerprint density at radius 2 is 2.10 bits per heavy atom. The molecule has 0 unspecified atom stereocenters. The quantitative estimate of drug-likeness (QED) is 0.774. The highest BCUT2D eigenvalue weighted by Gasteiger charge is 2.26. The second kappa shape index (κ2) is 7.31. The molecule has 5 heteroatoms. The van der Waals surface area contributed by atoms with Crippen LogP contribution in [0.2, 0.25) is 0 Å². The number of hydrogen-bond acceptors (Lipinski definition) is 5. The van der Waals surface area contributed by atoms with Gasteiger partial charge in [-0.2, -0.15) is 0 Å². The number of ether oxygens (including phenoxy) is 2. The summed E-state index contributed by atoms with van der Waals surface area (Å²) in [6, 6.07) is 8.35. The standard InChI is InChI=1S/C16H24N2O3/c1-4-21-16(19)12-17-9-10-18(11-13(17)2)14-7-5-6-8-15(14)20-3/h5-8,13H,4,9-12H2,1-3H3/t13-/m0/s1. The second-order valence-electron chi connectivity index (χ2n) is 5.24. The minimum absolute atomic E-state index is 0.143. The third-order valence-electron chi connectivity index (χ3n) is 3.83. The van der Waals surface area contributed by atoms with Crippen molar-refractivity contribution < 1.29 is 14.3 Å². The number of methoxy groups -OCH3 is 1. The first-order valence-electron chi connectivity index (χ1n) is 7.43. The van der Waals surface area contributed by atoms with E-state index >= 15 is 0 Å². The van der Waals surface area contributed by atoms with E-state index in [-0.39, 0.29) is 5.97 Å². The molecule has 0 saturated carbocycles. The molecule has 5 nitrogen and oxygen atoms in total. The van der Waals surface area contributed by atoms with Crippen LogP contribution in [-0.4, -0.2) is 56.8 Å². The molecular weight excluding hydrogens is 268 g/mol. The summed E-state index contributed by atoms with van der Waals surface area (Å²) in [7, 11) is 1.69. The van der Waals surface area contributed by atoms with Crippen molar-refractivity contribution >= 4 is 11.7 Å². The molecule has 1 fully saturated rings. The number of esters is 1. The van der Waals surface area contributed by atoms with Crippen molar-refractivity contribution in [3.8, 4) is 5.75 Å². The zero-order valence-corrected chi connectivity index (χ0v) is 13.0. The first kappa shape index (κ1) is 15.6. The molecule has 2 rings (SSSR count). The van der Waals surface area contributed by atoms with E-state index in [0.29, 0.717) is 19.2 Å². The lowest BCUT2D eigenvalue weighted by molar-refractivity contribution is -0.145. The van der Waals surface area contributed by atoms with Crippen LogP contribution in [0.3, 0.4) is 0 Å². The molecule has 116 valence electrons. The van der Waals surface area contributed by atoms with E-state index in [1.165, 1.54) is 0 Å². The van der Waals surface area contributed by atoms with E-state index in [0.717, 1.165) is 31.1 Å². The predicted octanol–water partition coefficient (Wildman–Crippen LogP) is 1.77. The molecule has 1 aliphatic rings. The lowest BCUT2D eigenvalue weighted by atomic mass is 10.1. The van der Waals surface area contributed by atoms with Gasteiger partial charge >= 0.3 is 5.97 Å². The van der Waals surface area contributed by atoms with Crippen LogP contribution in [0.4, 0.5) is 5.69 Å². The molecule has 0 spiro atoms. The molecule has 0 radical (unpaired) electrons. The number of hydrogen-bond donors (Lipinski definition) is 0. The largest absolute Gasteiger partial charge is 0.495 e. The molecule has 1 aromatic rings. The van der Waals surface area contributed by atoms with Gasteiger partial charge in [0.15, 0.2) is 0 Å². The van der Waals surface area contributed by atoms with E-state index in [4.69, 9.17) is 9.47 Å². The van der Waals surface area contributed by atoms with Crippen LogP contribution in [0.25, 0.3) is 0 Å². The van der Waals surface area contributed by atoms with Gasteiger partial charge in [0.1, 0.15) is 5.75 Å². The molecule has 21 heavy (non-hydrogen) atoms. The van der Waals surface area contributed by atoms with Crippen molar-refractivity contribution in [1.29, 1.82) is 0 Å². The van der Waals surface area contributed by atoms with Crippen LogP contribution in [0.15, 0.2) is 24.3 Å². The third-order valence-corrected chi connectivity index (χ3v) is 3.83. The minimum atomic E-state index is -0.143. The van der Waals surface area contributed by atoms with Crippen molar-refractivity contribution in [2.24, 2.45) is 0 Å². The normalized spacial score (nSPS) is 19.4. The summed E-state index contributed by atoms with van der Waals surface area (Å²) in [5, 5.41) is 0. The Kier molecular flexibility index (Phi) is 5.44. The van der Waals surface area contributed by atoms with Crippen LogP contribution in [-0.2, 0) is 9.53 Å². The summed E-state index contributed by atoms with van der Waals surface area (Å²) >= 11 is 0. The van der Waals surface area contributed by atoms with Crippen molar-refractivity contribution in [2.75, 3.05) is 44.8 Å². The van der Waals surface area contributed by atoms with Crippen LogP contribution in [0.1, 0.15) is 13.8 Å². The number of rotatable bonds is 5. The Balaban J connectivity index is 1.98. The Morgan fingerprint density at radius 3 is 2.76 bits per heavy atom. The molecule has 0 N–H and O–H groups in total. The first-order valence-corrected chi connectivity index (χ1v) is 7.43. The van der Waals surface area contributed by atoms with E-state index in [1.807, 2.05) is 25.1 Å². The van der Waals surface area contributed by atoms with Crippen molar-refractivity contribution in [2.45, 2.75) is 19.9 Å². The van der Waals surface area contributed by atoms with Crippen LogP contribution >= 0.6 is 0 Å². The number of nitrogens with zero attached hydrogens (tertiary/aromatic N) is 2. The summed E-state index contributed by atoms with van der Waals surface area (Å²) in [5.41, 5.74) is 1.11. The fourth-order valence-electron chi connectivity index (χ4n) is 2.71. The smallest absolute Gasteiger partial charge is 0.320 e. The molecule has 1 atom stereocenters. The first-order chi connectivity index (χ1) is 10.2. The van der Waals surface area contributed by atoms with Crippen molar-refractivity contribution in [3.63, 3.8) is 0 Å². The van der Waals surface area contributed by atoms with Gasteiger partial charge < -0.3 is 14.4 Å². The highest BCUT2D eigenvalue weighted by Crippen LogP contribution is 2.29. The number of carbonyl (C=O) groups excluding carboxylic acids is 1. The SMILES string of the molecule is CCOC(=O)CN1CCN(c2ccccc2OC)C[C@@H]1C. The van der Waals surface area contributed by atoms with Crippen molar-refractivity contribution in [1.82, 2.24) is 4.90 Å². The van der Waals surface area contributed by atoms with E-state index in [2.05, 4.69) is 22.8 Å². The summed E-state index contributed by atoms with van der Waals surface area (Å²) < 4.78 is 10.5. The monoisotopic (exact) mass is 292 g/mol. The zero-order chi connectivity index (χ0) is 15.2. The molecule has 0 aliphatic carbocycles. The number of para-hydroxylation sites is 2. The van der Waals surface area contributed by atoms with E-state index in [1.54, 1.807) is 7.11 Å². The number of benzene rings is 1. The zero-order valence-electron chi connectivity index (χ0n) is 13.0. The Bertz CT molecular complexity index is 478. The lowest BCUT2D eigenvalue weighted by Crippen LogP contribution is -2.53. The Morgan fingerprint density at radius 1 is 1.33 bits per heavy atom. The summed E-state index contributed by atoms with van der Waals surface area (Å²) in [5.74, 6) is 0.749. The summed E-state index contributed by atoms with van der Waals surface area (Å²) in [6.07, 6.45) is 0. The predicted molar refractivity (Wildman–Crippen MR) is 82.9 cm³/mol. The molecule has 1 saturated heterocycles. The van der Waals surface area contributed by atoms with Gasteiger partial charge in [0.05, 0.1) is 25.9 Å². The second-order valence-corrected chi connectivity index (χ2v) is 5.24. The number of piperazine rings is 1. The lowest BCUT2D eigenvalue weighted by Gasteiger charge is -2.40. The average Bonchev–Trinajstić information content (AvgIpc) is 2.49. The maximum Gasteiger partial charge on any atom is 0.320 e. The fraction of sp³-hybridized carbons (Fsp3) is 0.562. The topological polar surface area (TPSA) is 42.0 Å². The van der Waals surface area contributed by atoms with Crippen molar-refractivity contribution in [3.05, 3.63) is 24.3 Å². The van der Waals surface area contributed by atoms with E-state index in [9.17, 15) is 4.79 Å². The maximum absolute atomic E-state index is 11.6. The third kappa shape index (κ3) is 3.88. The highest BCUT2D eigenvalue weighted by molar-refractivity contribution is 5.71. The van der Waals surface area contributed by atoms with Crippen LogP contribution < -0.4 is 9.64 Å². The van der Waals surface area contributed by atoms with Gasteiger partial charge in [-0.25, -0.2) is 0 Å². The fourth-order valence-corrected chi connectivity index (χ4v) is 2.71. The van der Waals surface area contributed by atoms with Gasteiger partial charge in [0, 0.05) is 25.7 Å². The molecule has 1 heterocycles. The molecular formula is C16H24N2O3. The van der Waals surface area contributed by atoms with Gasteiger partial charge in [-0.15, -0.1) is 0 Å². The summed E-state index contributed by atoms with van der Waals surface area (Å²) in [6.45, 7) is 7.38. The molecule has 0 bridgehead atoms. The van der Waals surface area contributed by atoms with Gasteiger partial charge in [-0.1, -0.05) is 12.1 Å².